The van der Waals surface area contributed by atoms with Crippen LogP contribution in [0.5, 0.6) is 5.75 Å². The van der Waals surface area contributed by atoms with Crippen LogP contribution in [0.4, 0.5) is 0 Å². The van der Waals surface area contributed by atoms with Crippen LogP contribution >= 0.6 is 0 Å². The Morgan fingerprint density at radius 1 is 1.28 bits per heavy atom. The fourth-order valence-electron chi connectivity index (χ4n) is 3.62. The SMILES string of the molecule is C=CCC[C@@H](OCc1ccc(OC)cc1)[C@@]1(C)C=C[C@@H](C(C)C)CC1. The fraction of sp³-hybridized carbons (Fsp3) is 0.565. The normalized spacial score (nSPS) is 24.3. The first-order valence-corrected chi connectivity index (χ1v) is 9.53. The van der Waals surface area contributed by atoms with Crippen molar-refractivity contribution >= 4 is 0 Å². The van der Waals surface area contributed by atoms with Crippen LogP contribution in [0, 0.1) is 17.3 Å². The minimum Gasteiger partial charge on any atom is -0.497 e. The summed E-state index contributed by atoms with van der Waals surface area (Å²) in [6, 6.07) is 8.15. The van der Waals surface area contributed by atoms with E-state index in [1.54, 1.807) is 7.11 Å². The molecule has 0 aliphatic heterocycles. The smallest absolute Gasteiger partial charge is 0.118 e. The van der Waals surface area contributed by atoms with Crippen LogP contribution in [0.1, 0.15) is 52.0 Å². The average Bonchev–Trinajstić information content (AvgIpc) is 2.62. The van der Waals surface area contributed by atoms with Gasteiger partial charge in [0.2, 0.25) is 0 Å². The van der Waals surface area contributed by atoms with E-state index >= 15 is 0 Å². The van der Waals surface area contributed by atoms with E-state index in [1.165, 1.54) is 18.4 Å². The molecule has 0 bridgehead atoms. The van der Waals surface area contributed by atoms with Crippen molar-refractivity contribution in [2.24, 2.45) is 17.3 Å². The van der Waals surface area contributed by atoms with E-state index in [0.29, 0.717) is 18.4 Å². The predicted octanol–water partition coefficient (Wildman–Crippen LogP) is 6.18. The predicted molar refractivity (Wildman–Crippen MR) is 106 cm³/mol. The maximum atomic E-state index is 6.40. The molecule has 2 heteroatoms. The largest absolute Gasteiger partial charge is 0.497 e. The molecule has 3 atom stereocenters. The van der Waals surface area contributed by atoms with Crippen molar-refractivity contribution in [3.63, 3.8) is 0 Å². The fourth-order valence-corrected chi connectivity index (χ4v) is 3.62. The van der Waals surface area contributed by atoms with Gasteiger partial charge >= 0.3 is 0 Å². The molecule has 0 N–H and O–H groups in total. The van der Waals surface area contributed by atoms with E-state index in [9.17, 15) is 0 Å². The number of hydrogen-bond donors (Lipinski definition) is 0. The third-order valence-electron chi connectivity index (χ3n) is 5.58. The van der Waals surface area contributed by atoms with Gasteiger partial charge in [-0.1, -0.05) is 51.1 Å². The van der Waals surface area contributed by atoms with E-state index in [2.05, 4.69) is 51.6 Å². The summed E-state index contributed by atoms with van der Waals surface area (Å²) >= 11 is 0. The van der Waals surface area contributed by atoms with Gasteiger partial charge in [0.25, 0.3) is 0 Å². The summed E-state index contributed by atoms with van der Waals surface area (Å²) in [4.78, 5) is 0. The topological polar surface area (TPSA) is 18.5 Å². The lowest BCUT2D eigenvalue weighted by atomic mass is 9.70. The van der Waals surface area contributed by atoms with Gasteiger partial charge in [0.1, 0.15) is 5.75 Å². The lowest BCUT2D eigenvalue weighted by Gasteiger charge is -2.40. The molecule has 0 unspecified atom stereocenters. The minimum atomic E-state index is 0.112. The van der Waals surface area contributed by atoms with Gasteiger partial charge in [-0.2, -0.15) is 0 Å². The monoisotopic (exact) mass is 342 g/mol. The van der Waals surface area contributed by atoms with Crippen molar-refractivity contribution in [2.75, 3.05) is 7.11 Å². The summed E-state index contributed by atoms with van der Waals surface area (Å²) in [6.45, 7) is 11.5. The summed E-state index contributed by atoms with van der Waals surface area (Å²) in [5, 5.41) is 0. The van der Waals surface area contributed by atoms with Crippen molar-refractivity contribution in [3.8, 4) is 5.75 Å². The van der Waals surface area contributed by atoms with E-state index in [0.717, 1.165) is 18.6 Å². The zero-order valence-corrected chi connectivity index (χ0v) is 16.3. The van der Waals surface area contributed by atoms with E-state index < -0.39 is 0 Å². The molecule has 0 fully saturated rings. The summed E-state index contributed by atoms with van der Waals surface area (Å²) < 4.78 is 11.6. The van der Waals surface area contributed by atoms with Gasteiger partial charge in [0.05, 0.1) is 19.8 Å². The highest BCUT2D eigenvalue weighted by molar-refractivity contribution is 5.26. The molecule has 0 aromatic heterocycles. The Kier molecular flexibility index (Phi) is 7.31. The molecule has 0 saturated heterocycles. The van der Waals surface area contributed by atoms with Gasteiger partial charge < -0.3 is 9.47 Å². The summed E-state index contributed by atoms with van der Waals surface area (Å²) in [5.74, 6) is 2.30. The molecule has 2 rings (SSSR count). The van der Waals surface area contributed by atoms with Crippen LogP contribution in [0.2, 0.25) is 0 Å². The Balaban J connectivity index is 2.04. The molecule has 1 aliphatic carbocycles. The molecule has 138 valence electrons. The number of benzene rings is 1. The van der Waals surface area contributed by atoms with Gasteiger partial charge in [0.15, 0.2) is 0 Å². The third kappa shape index (κ3) is 5.47. The van der Waals surface area contributed by atoms with Crippen LogP contribution in [0.3, 0.4) is 0 Å². The second kappa shape index (κ2) is 9.24. The molecule has 1 aromatic carbocycles. The first-order valence-electron chi connectivity index (χ1n) is 9.53. The highest BCUT2D eigenvalue weighted by Crippen LogP contribution is 2.41. The van der Waals surface area contributed by atoms with Crippen LogP contribution in [0.25, 0.3) is 0 Å². The Labute approximate surface area is 153 Å². The lowest BCUT2D eigenvalue weighted by Crippen LogP contribution is -2.36. The average molecular weight is 343 g/mol. The third-order valence-corrected chi connectivity index (χ3v) is 5.58. The second-order valence-electron chi connectivity index (χ2n) is 7.83. The second-order valence-corrected chi connectivity index (χ2v) is 7.83. The number of hydrogen-bond acceptors (Lipinski definition) is 2. The zero-order chi connectivity index (χ0) is 18.3. The van der Waals surface area contributed by atoms with Crippen molar-refractivity contribution in [2.45, 2.75) is 59.2 Å². The zero-order valence-electron chi connectivity index (χ0n) is 16.3. The quantitative estimate of drug-likeness (QED) is 0.499. The van der Waals surface area contributed by atoms with Gasteiger partial charge in [-0.3, -0.25) is 0 Å². The van der Waals surface area contributed by atoms with Crippen molar-refractivity contribution in [1.29, 1.82) is 0 Å². The van der Waals surface area contributed by atoms with E-state index in [4.69, 9.17) is 9.47 Å². The van der Waals surface area contributed by atoms with E-state index in [1.807, 2.05) is 18.2 Å². The lowest BCUT2D eigenvalue weighted by molar-refractivity contribution is -0.0352. The Hall–Kier alpha value is -1.54. The van der Waals surface area contributed by atoms with Gasteiger partial charge in [-0.15, -0.1) is 6.58 Å². The molecule has 0 radical (unpaired) electrons. The Morgan fingerprint density at radius 2 is 2.00 bits per heavy atom. The number of allylic oxidation sites excluding steroid dienone is 2. The first-order chi connectivity index (χ1) is 12.0. The summed E-state index contributed by atoms with van der Waals surface area (Å²) in [6.07, 6.45) is 11.5. The maximum absolute atomic E-state index is 6.40. The van der Waals surface area contributed by atoms with Crippen LogP contribution < -0.4 is 4.74 Å². The summed E-state index contributed by atoms with van der Waals surface area (Å²) in [5.41, 5.74) is 1.30. The molecule has 0 amide bonds. The number of ether oxygens (including phenoxy) is 2. The molecule has 1 aromatic rings. The molecule has 0 heterocycles. The Bertz CT molecular complexity index is 558. The van der Waals surface area contributed by atoms with Crippen molar-refractivity contribution in [3.05, 3.63) is 54.6 Å². The van der Waals surface area contributed by atoms with Crippen molar-refractivity contribution in [1.82, 2.24) is 0 Å². The standard InChI is InChI=1S/C23H34O2/c1-6-7-8-22(23(4)15-13-20(14-16-23)18(2)3)25-17-19-9-11-21(24-5)12-10-19/h6,9-13,15,18,20,22H,1,7-8,14,16-17H2,2-5H3/t20-,22-,23+/m1/s1. The Morgan fingerprint density at radius 3 is 2.52 bits per heavy atom. The number of rotatable bonds is 9. The highest BCUT2D eigenvalue weighted by atomic mass is 16.5. The maximum Gasteiger partial charge on any atom is 0.118 e. The first kappa shape index (κ1) is 19.8. The van der Waals surface area contributed by atoms with E-state index in [-0.39, 0.29) is 11.5 Å². The summed E-state index contributed by atoms with van der Waals surface area (Å²) in [7, 11) is 1.69. The van der Waals surface area contributed by atoms with Crippen LogP contribution in [-0.4, -0.2) is 13.2 Å². The molecule has 2 nitrogen and oxygen atoms in total. The van der Waals surface area contributed by atoms with Gasteiger partial charge in [-0.05, 0) is 55.2 Å². The molecular weight excluding hydrogens is 308 g/mol. The van der Waals surface area contributed by atoms with Crippen LogP contribution in [0.15, 0.2) is 49.1 Å². The highest BCUT2D eigenvalue weighted by Gasteiger charge is 2.35. The van der Waals surface area contributed by atoms with Gasteiger partial charge in [0, 0.05) is 5.41 Å². The van der Waals surface area contributed by atoms with Crippen LogP contribution in [-0.2, 0) is 11.3 Å². The molecule has 0 saturated carbocycles. The van der Waals surface area contributed by atoms with Crippen molar-refractivity contribution < 1.29 is 9.47 Å². The molecule has 25 heavy (non-hydrogen) atoms. The minimum absolute atomic E-state index is 0.112. The molecular formula is C23H34O2. The molecule has 1 aliphatic rings. The number of methoxy groups -OCH3 is 1. The molecule has 0 spiro atoms. The van der Waals surface area contributed by atoms with Gasteiger partial charge in [-0.25, -0.2) is 0 Å².